The Balaban J connectivity index is 1.45. The van der Waals surface area contributed by atoms with Crippen LogP contribution in [0.4, 0.5) is 0 Å². The molecule has 1 unspecified atom stereocenters. The lowest BCUT2D eigenvalue weighted by atomic mass is 9.84. The Hall–Kier alpha value is -4.82. The van der Waals surface area contributed by atoms with Crippen molar-refractivity contribution < 1.29 is 4.42 Å². The Morgan fingerprint density at radius 3 is 1.90 bits per heavy atom. The molecule has 0 N–H and O–H groups in total. The number of aromatic nitrogens is 1. The third kappa shape index (κ3) is 3.42. The highest BCUT2D eigenvalue weighted by atomic mass is 16.3. The number of para-hydroxylation sites is 2. The number of rotatable bonds is 3. The summed E-state index contributed by atoms with van der Waals surface area (Å²) in [6, 6.07) is 45.6. The van der Waals surface area contributed by atoms with E-state index in [0.717, 1.165) is 17.8 Å². The Kier molecular flexibility index (Phi) is 4.90. The number of benzene rings is 5. The van der Waals surface area contributed by atoms with E-state index in [-0.39, 0.29) is 0 Å². The minimum atomic E-state index is 0.352. The predicted molar refractivity (Wildman–Crippen MR) is 161 cm³/mol. The molecule has 7 aromatic rings. The van der Waals surface area contributed by atoms with Gasteiger partial charge in [0.2, 0.25) is 0 Å². The van der Waals surface area contributed by atoms with E-state index >= 15 is 0 Å². The van der Waals surface area contributed by atoms with E-state index in [1.54, 1.807) is 0 Å². The van der Waals surface area contributed by atoms with Crippen molar-refractivity contribution in [1.82, 2.24) is 4.57 Å². The van der Waals surface area contributed by atoms with Gasteiger partial charge in [-0.2, -0.15) is 0 Å². The SMILES string of the molecule is CC1Cc2c(c3ccccc3n2-c2cc(-c3ccccc3)cc(-c3ccccc3)c2)-c2oc3ccccc3c21. The Morgan fingerprint density at radius 2 is 1.21 bits per heavy atom. The van der Waals surface area contributed by atoms with Crippen LogP contribution >= 0.6 is 0 Å². The zero-order chi connectivity index (χ0) is 25.9. The molecule has 2 aromatic heterocycles. The normalized spacial score (nSPS) is 14.4. The van der Waals surface area contributed by atoms with Crippen LogP contribution in [0.25, 0.3) is 61.1 Å². The lowest BCUT2D eigenvalue weighted by Gasteiger charge is -2.22. The highest BCUT2D eigenvalue weighted by molar-refractivity contribution is 6.03. The molecular weight excluding hydrogens is 474 g/mol. The molecule has 1 aliphatic carbocycles. The first-order chi connectivity index (χ1) is 19.3. The van der Waals surface area contributed by atoms with Gasteiger partial charge in [0.05, 0.1) is 5.52 Å². The van der Waals surface area contributed by atoms with Crippen LogP contribution in [0.5, 0.6) is 0 Å². The van der Waals surface area contributed by atoms with E-state index in [1.807, 2.05) is 0 Å². The highest BCUT2D eigenvalue weighted by Crippen LogP contribution is 2.50. The third-order valence-electron chi connectivity index (χ3n) is 8.22. The fourth-order valence-electron chi connectivity index (χ4n) is 6.50. The summed E-state index contributed by atoms with van der Waals surface area (Å²) in [7, 11) is 0. The molecule has 2 heteroatoms. The number of furan rings is 1. The van der Waals surface area contributed by atoms with Gasteiger partial charge in [0.25, 0.3) is 0 Å². The van der Waals surface area contributed by atoms with E-state index in [2.05, 4.69) is 139 Å². The quantitative estimate of drug-likeness (QED) is 0.236. The Bertz CT molecular complexity index is 1930. The van der Waals surface area contributed by atoms with Crippen LogP contribution in [0.15, 0.2) is 132 Å². The van der Waals surface area contributed by atoms with Gasteiger partial charge in [0.1, 0.15) is 11.3 Å². The van der Waals surface area contributed by atoms with Crippen LogP contribution in [0.1, 0.15) is 24.1 Å². The summed E-state index contributed by atoms with van der Waals surface area (Å²) in [5.74, 6) is 1.38. The first-order valence-electron chi connectivity index (χ1n) is 13.7. The summed E-state index contributed by atoms with van der Waals surface area (Å²) < 4.78 is 9.10. The molecule has 0 bridgehead atoms. The van der Waals surface area contributed by atoms with Crippen LogP contribution in [-0.4, -0.2) is 4.57 Å². The summed E-state index contributed by atoms with van der Waals surface area (Å²) in [6.45, 7) is 2.33. The molecule has 0 saturated carbocycles. The monoisotopic (exact) mass is 501 g/mol. The van der Waals surface area contributed by atoms with Crippen molar-refractivity contribution >= 4 is 21.9 Å². The summed E-state index contributed by atoms with van der Waals surface area (Å²) in [4.78, 5) is 0. The Morgan fingerprint density at radius 1 is 0.615 bits per heavy atom. The van der Waals surface area contributed by atoms with Crippen molar-refractivity contribution in [1.29, 1.82) is 0 Å². The topological polar surface area (TPSA) is 18.1 Å². The van der Waals surface area contributed by atoms with Crippen molar-refractivity contribution in [3.05, 3.63) is 139 Å². The molecule has 0 radical (unpaired) electrons. The maximum Gasteiger partial charge on any atom is 0.141 e. The molecule has 0 spiro atoms. The second kappa shape index (κ2) is 8.61. The van der Waals surface area contributed by atoms with Crippen molar-refractivity contribution in [2.24, 2.45) is 0 Å². The van der Waals surface area contributed by atoms with Gasteiger partial charge in [-0.25, -0.2) is 0 Å². The molecule has 1 atom stereocenters. The van der Waals surface area contributed by atoms with Gasteiger partial charge >= 0.3 is 0 Å². The number of nitrogens with zero attached hydrogens (tertiary/aromatic N) is 1. The van der Waals surface area contributed by atoms with E-state index in [1.165, 1.54) is 61.1 Å². The van der Waals surface area contributed by atoms with Gasteiger partial charge in [-0.05, 0) is 64.9 Å². The van der Waals surface area contributed by atoms with E-state index in [0.29, 0.717) is 5.92 Å². The van der Waals surface area contributed by atoms with Crippen molar-refractivity contribution in [3.8, 4) is 39.3 Å². The van der Waals surface area contributed by atoms with Crippen LogP contribution in [-0.2, 0) is 6.42 Å². The predicted octanol–water partition coefficient (Wildman–Crippen LogP) is 10.0. The van der Waals surface area contributed by atoms with Crippen LogP contribution in [0, 0.1) is 0 Å². The summed E-state index contributed by atoms with van der Waals surface area (Å²) in [6.07, 6.45) is 0.955. The second-order valence-corrected chi connectivity index (χ2v) is 10.6. The fraction of sp³-hybridized carbons (Fsp3) is 0.0811. The maximum absolute atomic E-state index is 6.62. The van der Waals surface area contributed by atoms with Crippen LogP contribution < -0.4 is 0 Å². The molecule has 1 aliphatic rings. The molecule has 0 fully saturated rings. The zero-order valence-corrected chi connectivity index (χ0v) is 21.8. The van der Waals surface area contributed by atoms with Crippen molar-refractivity contribution in [2.75, 3.05) is 0 Å². The molecule has 2 heterocycles. The molecule has 8 rings (SSSR count). The fourth-order valence-corrected chi connectivity index (χ4v) is 6.50. The largest absolute Gasteiger partial charge is 0.456 e. The zero-order valence-electron chi connectivity index (χ0n) is 21.8. The van der Waals surface area contributed by atoms with Gasteiger partial charge < -0.3 is 8.98 Å². The van der Waals surface area contributed by atoms with E-state index in [4.69, 9.17) is 4.42 Å². The summed E-state index contributed by atoms with van der Waals surface area (Å²) in [5.41, 5.74) is 12.1. The first kappa shape index (κ1) is 22.2. The second-order valence-electron chi connectivity index (χ2n) is 10.6. The van der Waals surface area contributed by atoms with Crippen molar-refractivity contribution in [3.63, 3.8) is 0 Å². The van der Waals surface area contributed by atoms with Crippen LogP contribution in [0.2, 0.25) is 0 Å². The minimum Gasteiger partial charge on any atom is -0.456 e. The molecule has 2 nitrogen and oxygen atoms in total. The van der Waals surface area contributed by atoms with Gasteiger partial charge in [-0.1, -0.05) is 104 Å². The average Bonchev–Trinajstić information content (AvgIpc) is 3.54. The smallest absolute Gasteiger partial charge is 0.141 e. The van der Waals surface area contributed by atoms with E-state index in [9.17, 15) is 0 Å². The van der Waals surface area contributed by atoms with Crippen molar-refractivity contribution in [2.45, 2.75) is 19.3 Å². The first-order valence-corrected chi connectivity index (χ1v) is 13.7. The molecule has 5 aromatic carbocycles. The minimum absolute atomic E-state index is 0.352. The van der Waals surface area contributed by atoms with Gasteiger partial charge in [-0.3, -0.25) is 0 Å². The Labute approximate surface area is 227 Å². The molecule has 186 valence electrons. The molecule has 0 saturated heterocycles. The summed E-state index contributed by atoms with van der Waals surface area (Å²) in [5, 5.41) is 2.48. The standard InChI is InChI=1S/C37H27NO/c1-24-20-33-36(37-35(24)31-17-9-11-19-34(31)39-37)30-16-8-10-18-32(30)38(33)29-22-27(25-12-4-2-5-13-25)21-28(23-29)26-14-6-3-7-15-26/h2-19,21-24H,20H2,1H3. The van der Waals surface area contributed by atoms with E-state index < -0.39 is 0 Å². The number of hydrogen-bond donors (Lipinski definition) is 0. The van der Waals surface area contributed by atoms with Gasteiger partial charge in [0.15, 0.2) is 0 Å². The number of fused-ring (bicyclic) bond motifs is 7. The lowest BCUT2D eigenvalue weighted by molar-refractivity contribution is 0.606. The summed E-state index contributed by atoms with van der Waals surface area (Å²) >= 11 is 0. The molecule has 39 heavy (non-hydrogen) atoms. The molecule has 0 aliphatic heterocycles. The van der Waals surface area contributed by atoms with Gasteiger partial charge in [-0.15, -0.1) is 0 Å². The lowest BCUT2D eigenvalue weighted by Crippen LogP contribution is -2.11. The number of hydrogen-bond acceptors (Lipinski definition) is 1. The van der Waals surface area contributed by atoms with Gasteiger partial charge in [0, 0.05) is 33.3 Å². The third-order valence-corrected chi connectivity index (χ3v) is 8.22. The average molecular weight is 502 g/mol. The highest BCUT2D eigenvalue weighted by Gasteiger charge is 2.33. The molecule has 0 amide bonds. The van der Waals surface area contributed by atoms with Crippen LogP contribution in [0.3, 0.4) is 0 Å². The molecular formula is C37H27NO. The maximum atomic E-state index is 6.62.